The molecule has 1 aromatic rings. The first-order valence-electron chi connectivity index (χ1n) is 4.77. The van der Waals surface area contributed by atoms with Gasteiger partial charge in [-0.25, -0.2) is 0 Å². The van der Waals surface area contributed by atoms with Gasteiger partial charge in [-0.05, 0) is 23.9 Å². The van der Waals surface area contributed by atoms with Crippen molar-refractivity contribution in [2.45, 2.75) is 0 Å². The molecule has 0 atom stereocenters. The second-order valence-electron chi connectivity index (χ2n) is 3.40. The molecule has 1 saturated heterocycles. The van der Waals surface area contributed by atoms with Crippen LogP contribution in [0.1, 0.15) is 5.56 Å². The Labute approximate surface area is 120 Å². The third-order valence-corrected chi connectivity index (χ3v) is 3.76. The molecule has 1 heterocycles. The zero-order valence-electron chi connectivity index (χ0n) is 8.98. The van der Waals surface area contributed by atoms with Crippen LogP contribution in [-0.2, 0) is 4.79 Å². The average Bonchev–Trinajstić information content (AvgIpc) is 2.62. The smallest absolute Gasteiger partial charge is 0.282 e. The fraction of sp³-hybridized carbons (Fsp3) is 0. The molecule has 6 nitrogen and oxygen atoms in total. The molecule has 1 aromatic carbocycles. The number of hydrogen-bond donors (Lipinski definition) is 1. The largest absolute Gasteiger partial charge is 0.290 e. The fourth-order valence-electron chi connectivity index (χ4n) is 1.38. The average molecular weight is 319 g/mol. The summed E-state index contributed by atoms with van der Waals surface area (Å²) >= 11 is 12.4. The zero-order chi connectivity index (χ0) is 14.2. The summed E-state index contributed by atoms with van der Waals surface area (Å²) < 4.78 is 0. The standard InChI is InChI=1S/C10H4Cl2N2O4S/c11-5-1-2-6(14(17)18)8(12)4(5)3-7-9(15)13-10(16)19-7/h1-3H,(H,13,15,16)/b7-3-. The summed E-state index contributed by atoms with van der Waals surface area (Å²) in [6.07, 6.45) is 1.25. The molecule has 0 bridgehead atoms. The van der Waals surface area contributed by atoms with Crippen molar-refractivity contribution in [3.63, 3.8) is 0 Å². The van der Waals surface area contributed by atoms with Gasteiger partial charge in [0.15, 0.2) is 0 Å². The van der Waals surface area contributed by atoms with Gasteiger partial charge in [-0.3, -0.25) is 25.0 Å². The number of carbonyl (C=O) groups excluding carboxylic acids is 2. The Morgan fingerprint density at radius 2 is 2.00 bits per heavy atom. The molecular formula is C10H4Cl2N2O4S. The fourth-order valence-corrected chi connectivity index (χ4v) is 2.60. The molecule has 1 fully saturated rings. The maximum Gasteiger partial charge on any atom is 0.290 e. The van der Waals surface area contributed by atoms with Gasteiger partial charge in [-0.15, -0.1) is 0 Å². The second-order valence-corrected chi connectivity index (χ2v) is 5.20. The molecule has 1 aliphatic heterocycles. The first kappa shape index (κ1) is 13.9. The van der Waals surface area contributed by atoms with Gasteiger partial charge >= 0.3 is 0 Å². The van der Waals surface area contributed by atoms with Crippen LogP contribution in [0.5, 0.6) is 0 Å². The highest BCUT2D eigenvalue weighted by Gasteiger charge is 2.26. The lowest BCUT2D eigenvalue weighted by molar-refractivity contribution is -0.384. The van der Waals surface area contributed by atoms with E-state index < -0.39 is 16.1 Å². The molecule has 2 amide bonds. The monoisotopic (exact) mass is 318 g/mol. The number of nitro benzene ring substituents is 1. The van der Waals surface area contributed by atoms with Crippen LogP contribution in [0.25, 0.3) is 6.08 Å². The van der Waals surface area contributed by atoms with Crippen molar-refractivity contribution in [2.24, 2.45) is 0 Å². The van der Waals surface area contributed by atoms with Gasteiger partial charge in [-0.2, -0.15) is 0 Å². The number of carbonyl (C=O) groups is 2. The van der Waals surface area contributed by atoms with Gasteiger partial charge in [0, 0.05) is 16.7 Å². The van der Waals surface area contributed by atoms with Crippen molar-refractivity contribution in [3.05, 3.63) is 42.8 Å². The molecule has 0 saturated carbocycles. The quantitative estimate of drug-likeness (QED) is 0.513. The Hall–Kier alpha value is -1.57. The minimum absolute atomic E-state index is 0.0781. The van der Waals surface area contributed by atoms with Crippen molar-refractivity contribution >= 4 is 57.9 Å². The molecule has 0 radical (unpaired) electrons. The number of thioether (sulfide) groups is 1. The number of nitrogens with one attached hydrogen (secondary N) is 1. The van der Waals surface area contributed by atoms with E-state index >= 15 is 0 Å². The highest BCUT2D eigenvalue weighted by Crippen LogP contribution is 2.36. The lowest BCUT2D eigenvalue weighted by Gasteiger charge is -2.03. The molecule has 98 valence electrons. The Bertz CT molecular complexity index is 645. The van der Waals surface area contributed by atoms with E-state index in [4.69, 9.17) is 23.2 Å². The summed E-state index contributed by atoms with van der Waals surface area (Å²) in [6, 6.07) is 2.47. The predicted octanol–water partition coefficient (Wildman–Crippen LogP) is 3.23. The van der Waals surface area contributed by atoms with Crippen LogP contribution in [0.4, 0.5) is 10.5 Å². The molecular weight excluding hydrogens is 315 g/mol. The van der Waals surface area contributed by atoms with Crippen LogP contribution in [0, 0.1) is 10.1 Å². The highest BCUT2D eigenvalue weighted by molar-refractivity contribution is 8.18. The van der Waals surface area contributed by atoms with Gasteiger partial charge in [0.05, 0.1) is 9.83 Å². The van der Waals surface area contributed by atoms with Crippen LogP contribution < -0.4 is 5.32 Å². The summed E-state index contributed by atoms with van der Waals surface area (Å²) in [5.41, 5.74) is -0.197. The summed E-state index contributed by atoms with van der Waals surface area (Å²) in [4.78, 5) is 32.6. The minimum atomic E-state index is -0.659. The Kier molecular flexibility index (Phi) is 3.79. The van der Waals surface area contributed by atoms with Gasteiger partial charge in [0.25, 0.3) is 16.8 Å². The number of hydrogen-bond acceptors (Lipinski definition) is 5. The maximum atomic E-state index is 11.4. The molecule has 19 heavy (non-hydrogen) atoms. The summed E-state index contributed by atoms with van der Waals surface area (Å²) in [5.74, 6) is -0.589. The molecule has 1 N–H and O–H groups in total. The predicted molar refractivity (Wildman–Crippen MR) is 72.2 cm³/mol. The number of imide groups is 1. The van der Waals surface area contributed by atoms with E-state index in [-0.39, 0.29) is 26.2 Å². The maximum absolute atomic E-state index is 11.4. The third-order valence-electron chi connectivity index (χ3n) is 2.22. The minimum Gasteiger partial charge on any atom is -0.282 e. The first-order valence-corrected chi connectivity index (χ1v) is 6.34. The molecule has 1 aliphatic rings. The van der Waals surface area contributed by atoms with Gasteiger partial charge in [0.1, 0.15) is 5.02 Å². The number of benzene rings is 1. The topological polar surface area (TPSA) is 89.3 Å². The van der Waals surface area contributed by atoms with E-state index in [2.05, 4.69) is 5.32 Å². The van der Waals surface area contributed by atoms with Gasteiger partial charge in [0.2, 0.25) is 0 Å². The normalized spacial score (nSPS) is 16.8. The molecule has 9 heteroatoms. The highest BCUT2D eigenvalue weighted by atomic mass is 35.5. The van der Waals surface area contributed by atoms with Crippen LogP contribution in [-0.4, -0.2) is 16.1 Å². The van der Waals surface area contributed by atoms with Gasteiger partial charge < -0.3 is 0 Å². The first-order chi connectivity index (χ1) is 8.90. The SMILES string of the molecule is O=C1NC(=O)/C(=C/c2c(Cl)ccc([N+](=O)[O-])c2Cl)S1. The van der Waals surface area contributed by atoms with Crippen molar-refractivity contribution in [2.75, 3.05) is 0 Å². The number of nitrogens with zero attached hydrogens (tertiary/aromatic N) is 1. The van der Waals surface area contributed by atoms with E-state index in [1.165, 1.54) is 18.2 Å². The van der Waals surface area contributed by atoms with E-state index in [1.807, 2.05) is 0 Å². The summed E-state index contributed by atoms with van der Waals surface area (Å²) in [6.45, 7) is 0. The van der Waals surface area contributed by atoms with Crippen LogP contribution in [0.15, 0.2) is 17.0 Å². The molecule has 0 aromatic heterocycles. The third kappa shape index (κ3) is 2.73. The van der Waals surface area contributed by atoms with Crippen molar-refractivity contribution in [1.29, 1.82) is 0 Å². The van der Waals surface area contributed by atoms with E-state index in [0.717, 1.165) is 0 Å². The van der Waals surface area contributed by atoms with Crippen molar-refractivity contribution in [3.8, 4) is 0 Å². The van der Waals surface area contributed by atoms with E-state index in [9.17, 15) is 19.7 Å². The lowest BCUT2D eigenvalue weighted by atomic mass is 10.2. The lowest BCUT2D eigenvalue weighted by Crippen LogP contribution is -2.17. The van der Waals surface area contributed by atoms with Crippen molar-refractivity contribution < 1.29 is 14.5 Å². The summed E-state index contributed by atoms with van der Waals surface area (Å²) in [5, 5.41) is 12.3. The number of nitro groups is 1. The molecule has 2 rings (SSSR count). The summed E-state index contributed by atoms with van der Waals surface area (Å²) in [7, 11) is 0. The van der Waals surface area contributed by atoms with E-state index in [1.54, 1.807) is 0 Å². The Morgan fingerprint density at radius 3 is 2.53 bits per heavy atom. The van der Waals surface area contributed by atoms with Crippen LogP contribution >= 0.6 is 35.0 Å². The zero-order valence-corrected chi connectivity index (χ0v) is 11.3. The van der Waals surface area contributed by atoms with E-state index in [0.29, 0.717) is 11.8 Å². The number of halogens is 2. The number of amides is 2. The molecule has 0 spiro atoms. The van der Waals surface area contributed by atoms with Crippen LogP contribution in [0.2, 0.25) is 10.0 Å². The van der Waals surface area contributed by atoms with Crippen LogP contribution in [0.3, 0.4) is 0 Å². The Balaban J connectivity index is 2.54. The second kappa shape index (κ2) is 5.20. The van der Waals surface area contributed by atoms with Gasteiger partial charge in [-0.1, -0.05) is 23.2 Å². The molecule has 0 aliphatic carbocycles. The Morgan fingerprint density at radius 1 is 1.32 bits per heavy atom. The van der Waals surface area contributed by atoms with Crippen molar-refractivity contribution in [1.82, 2.24) is 5.32 Å². The molecule has 0 unspecified atom stereocenters. The number of rotatable bonds is 2.